The lowest BCUT2D eigenvalue weighted by Crippen LogP contribution is -2.62. The maximum absolute atomic E-state index is 11.6. The first-order valence-corrected chi connectivity index (χ1v) is 9.96. The Morgan fingerprint density at radius 1 is 1.00 bits per heavy atom. The Bertz CT molecular complexity index is 721. The Labute approximate surface area is 176 Å². The predicted octanol–water partition coefficient (Wildman–Crippen LogP) is 1.47. The van der Waals surface area contributed by atoms with E-state index < -0.39 is 48.6 Å². The van der Waals surface area contributed by atoms with Crippen LogP contribution in [0, 0.1) is 0 Å². The standard InChI is InChI=1S/C19H23BrO9/c1-10(21)25-9-15-17(26-11(2)22)18(27-12(3)23)16(24)19(29-15)28-14-6-4-13(8-20)5-7-14/h4-7,15-19,24H,8-9H2,1-3H3/t15-,16-,17+,18-,19-/m1/s1. The largest absolute Gasteiger partial charge is 0.463 e. The molecule has 10 heteroatoms. The molecule has 0 aromatic heterocycles. The summed E-state index contributed by atoms with van der Waals surface area (Å²) in [5.41, 5.74) is 1.02. The van der Waals surface area contributed by atoms with Gasteiger partial charge in [-0.2, -0.15) is 0 Å². The lowest BCUT2D eigenvalue weighted by molar-refractivity contribution is -0.285. The molecule has 1 heterocycles. The van der Waals surface area contributed by atoms with Gasteiger partial charge in [0.05, 0.1) is 0 Å². The molecule has 0 bridgehead atoms. The summed E-state index contributed by atoms with van der Waals surface area (Å²) in [6.07, 6.45) is -6.23. The molecule has 1 saturated heterocycles. The Morgan fingerprint density at radius 2 is 1.59 bits per heavy atom. The highest BCUT2D eigenvalue weighted by Crippen LogP contribution is 2.29. The van der Waals surface area contributed by atoms with Crippen LogP contribution >= 0.6 is 15.9 Å². The zero-order chi connectivity index (χ0) is 21.6. The minimum atomic E-state index is -1.47. The number of benzene rings is 1. The Morgan fingerprint density at radius 3 is 2.10 bits per heavy atom. The van der Waals surface area contributed by atoms with Crippen LogP contribution in [0.5, 0.6) is 5.75 Å². The number of halogens is 1. The van der Waals surface area contributed by atoms with Crippen LogP contribution < -0.4 is 4.74 Å². The molecule has 29 heavy (non-hydrogen) atoms. The van der Waals surface area contributed by atoms with E-state index >= 15 is 0 Å². The molecular formula is C19H23BrO9. The average Bonchev–Trinajstić information content (AvgIpc) is 2.65. The van der Waals surface area contributed by atoms with E-state index in [2.05, 4.69) is 15.9 Å². The van der Waals surface area contributed by atoms with Crippen LogP contribution in [0.4, 0.5) is 0 Å². The smallest absolute Gasteiger partial charge is 0.303 e. The number of aliphatic hydroxyl groups is 1. The summed E-state index contributed by atoms with van der Waals surface area (Å²) in [6.45, 7) is 3.23. The van der Waals surface area contributed by atoms with Crippen LogP contribution in [0.15, 0.2) is 24.3 Å². The van der Waals surface area contributed by atoms with Crippen molar-refractivity contribution in [1.29, 1.82) is 0 Å². The lowest BCUT2D eigenvalue weighted by atomic mass is 9.98. The van der Waals surface area contributed by atoms with E-state index in [0.29, 0.717) is 11.1 Å². The van der Waals surface area contributed by atoms with Gasteiger partial charge in [0.15, 0.2) is 18.3 Å². The molecule has 0 amide bonds. The van der Waals surface area contributed by atoms with Crippen molar-refractivity contribution in [3.8, 4) is 5.75 Å². The molecule has 1 fully saturated rings. The van der Waals surface area contributed by atoms with E-state index in [9.17, 15) is 19.5 Å². The van der Waals surface area contributed by atoms with Crippen LogP contribution in [0.1, 0.15) is 26.3 Å². The second kappa shape index (κ2) is 10.6. The van der Waals surface area contributed by atoms with Gasteiger partial charge >= 0.3 is 17.9 Å². The zero-order valence-electron chi connectivity index (χ0n) is 16.2. The molecule has 0 spiro atoms. The molecule has 9 nitrogen and oxygen atoms in total. The highest BCUT2D eigenvalue weighted by Gasteiger charge is 2.50. The van der Waals surface area contributed by atoms with Gasteiger partial charge in [0.25, 0.3) is 0 Å². The van der Waals surface area contributed by atoms with Crippen molar-refractivity contribution < 1.29 is 43.2 Å². The van der Waals surface area contributed by atoms with Gasteiger partial charge in [0.2, 0.25) is 6.29 Å². The van der Waals surface area contributed by atoms with Crippen LogP contribution in [-0.2, 0) is 38.7 Å². The van der Waals surface area contributed by atoms with Crippen molar-refractivity contribution in [3.05, 3.63) is 29.8 Å². The van der Waals surface area contributed by atoms with Crippen molar-refractivity contribution in [2.24, 2.45) is 0 Å². The van der Waals surface area contributed by atoms with Gasteiger partial charge in [-0.1, -0.05) is 28.1 Å². The third kappa shape index (κ3) is 6.69. The van der Waals surface area contributed by atoms with Crippen LogP contribution in [-0.4, -0.2) is 60.3 Å². The fourth-order valence-electron chi connectivity index (χ4n) is 2.78. The summed E-state index contributed by atoms with van der Waals surface area (Å²) in [7, 11) is 0. The molecular weight excluding hydrogens is 452 g/mol. The maximum Gasteiger partial charge on any atom is 0.303 e. The normalized spacial score (nSPS) is 26.3. The molecule has 2 rings (SSSR count). The molecule has 160 valence electrons. The molecule has 0 saturated carbocycles. The topological polar surface area (TPSA) is 118 Å². The Kier molecular flexibility index (Phi) is 8.42. The first kappa shape index (κ1) is 23.1. The maximum atomic E-state index is 11.6. The summed E-state index contributed by atoms with van der Waals surface area (Å²) in [4.78, 5) is 34.3. The van der Waals surface area contributed by atoms with Crippen molar-refractivity contribution in [1.82, 2.24) is 0 Å². The number of hydrogen-bond acceptors (Lipinski definition) is 9. The molecule has 1 N–H and O–H groups in total. The van der Waals surface area contributed by atoms with Crippen LogP contribution in [0.2, 0.25) is 0 Å². The van der Waals surface area contributed by atoms with Gasteiger partial charge in [-0.3, -0.25) is 14.4 Å². The number of carbonyl (C=O) groups is 3. The summed E-state index contributed by atoms with van der Waals surface area (Å²) < 4.78 is 26.8. The van der Waals surface area contributed by atoms with Crippen LogP contribution in [0.25, 0.3) is 0 Å². The van der Waals surface area contributed by atoms with E-state index in [1.54, 1.807) is 12.1 Å². The molecule has 0 unspecified atom stereocenters. The number of esters is 3. The molecule has 0 radical (unpaired) electrons. The third-order valence-electron chi connectivity index (χ3n) is 4.00. The monoisotopic (exact) mass is 474 g/mol. The molecule has 1 aliphatic heterocycles. The minimum Gasteiger partial charge on any atom is -0.463 e. The first-order valence-electron chi connectivity index (χ1n) is 8.84. The van der Waals surface area contributed by atoms with E-state index in [1.807, 2.05) is 12.1 Å². The van der Waals surface area contributed by atoms with Gasteiger partial charge in [-0.05, 0) is 17.7 Å². The van der Waals surface area contributed by atoms with Gasteiger partial charge in [-0.15, -0.1) is 0 Å². The predicted molar refractivity (Wildman–Crippen MR) is 102 cm³/mol. The fourth-order valence-corrected chi connectivity index (χ4v) is 3.15. The summed E-state index contributed by atoms with van der Waals surface area (Å²) >= 11 is 3.35. The number of hydrogen-bond donors (Lipinski definition) is 1. The van der Waals surface area contributed by atoms with E-state index in [1.165, 1.54) is 6.92 Å². The highest BCUT2D eigenvalue weighted by atomic mass is 79.9. The number of aliphatic hydroxyl groups excluding tert-OH is 1. The number of ether oxygens (including phenoxy) is 5. The summed E-state index contributed by atoms with van der Waals surface area (Å²) in [5.74, 6) is -1.55. The first-order chi connectivity index (χ1) is 13.7. The third-order valence-corrected chi connectivity index (χ3v) is 4.65. The van der Waals surface area contributed by atoms with Gasteiger partial charge in [0.1, 0.15) is 18.5 Å². The van der Waals surface area contributed by atoms with Crippen molar-refractivity contribution >= 4 is 33.8 Å². The minimum absolute atomic E-state index is 0.292. The van der Waals surface area contributed by atoms with E-state index in [0.717, 1.165) is 19.4 Å². The van der Waals surface area contributed by atoms with Gasteiger partial charge in [-0.25, -0.2) is 0 Å². The molecule has 5 atom stereocenters. The SMILES string of the molecule is CC(=O)OC[C@H]1O[C@@H](Oc2ccc(CBr)cc2)[C@H](O)[C@@H](OC(C)=O)[C@H]1OC(C)=O. The van der Waals surface area contributed by atoms with Gasteiger partial charge in [0, 0.05) is 26.1 Å². The van der Waals surface area contributed by atoms with Gasteiger partial charge < -0.3 is 28.8 Å². The quantitative estimate of drug-likeness (QED) is 0.355. The molecule has 1 aromatic rings. The summed E-state index contributed by atoms with van der Waals surface area (Å²) in [6, 6.07) is 7.02. The van der Waals surface area contributed by atoms with Crippen molar-refractivity contribution in [3.63, 3.8) is 0 Å². The molecule has 1 aromatic carbocycles. The Balaban J connectivity index is 2.27. The molecule has 0 aliphatic carbocycles. The average molecular weight is 475 g/mol. The Hall–Kier alpha value is -2.17. The summed E-state index contributed by atoms with van der Waals surface area (Å²) in [5, 5.41) is 11.3. The number of rotatable bonds is 7. The number of carbonyl (C=O) groups excluding carboxylic acids is 3. The number of alkyl halides is 1. The molecule has 1 aliphatic rings. The van der Waals surface area contributed by atoms with E-state index in [-0.39, 0.29) is 6.61 Å². The highest BCUT2D eigenvalue weighted by molar-refractivity contribution is 9.08. The second-order valence-corrected chi connectivity index (χ2v) is 6.94. The van der Waals surface area contributed by atoms with E-state index in [4.69, 9.17) is 23.7 Å². The lowest BCUT2D eigenvalue weighted by Gasteiger charge is -2.42. The zero-order valence-corrected chi connectivity index (χ0v) is 17.8. The van der Waals surface area contributed by atoms with Crippen molar-refractivity contribution in [2.75, 3.05) is 6.61 Å². The fraction of sp³-hybridized carbons (Fsp3) is 0.526. The van der Waals surface area contributed by atoms with Crippen molar-refractivity contribution in [2.45, 2.75) is 56.8 Å². The second-order valence-electron chi connectivity index (χ2n) is 6.38. The van der Waals surface area contributed by atoms with Crippen LogP contribution in [0.3, 0.4) is 0 Å².